The summed E-state index contributed by atoms with van der Waals surface area (Å²) in [4.78, 5) is 16.8. The number of rotatable bonds is 9. The average Bonchev–Trinajstić information content (AvgIpc) is 3.20. The minimum atomic E-state index is -0.546. The highest BCUT2D eigenvalue weighted by molar-refractivity contribution is 6.30. The number of aliphatic hydroxyl groups excluding tert-OH is 1. The van der Waals surface area contributed by atoms with Gasteiger partial charge in [-0.2, -0.15) is 4.98 Å². The van der Waals surface area contributed by atoms with E-state index in [4.69, 9.17) is 32.8 Å². The molecule has 2 aromatic carbocycles. The molecule has 0 bridgehead atoms. The van der Waals surface area contributed by atoms with Gasteiger partial charge in [-0.3, -0.25) is 0 Å². The van der Waals surface area contributed by atoms with E-state index in [1.165, 1.54) is 0 Å². The number of benzene rings is 2. The maximum Gasteiger partial charge on any atom is 0.321 e. The number of urea groups is 1. The molecule has 0 aliphatic carbocycles. The molecular formula is C20H21Cl2N5O3. The molecule has 1 aromatic heterocycles. The first kappa shape index (κ1) is 21.9. The maximum absolute atomic E-state index is 12.5. The van der Waals surface area contributed by atoms with E-state index in [-0.39, 0.29) is 12.6 Å². The monoisotopic (exact) mass is 449 g/mol. The lowest BCUT2D eigenvalue weighted by atomic mass is 10.1. The highest BCUT2D eigenvalue weighted by atomic mass is 35.5. The second-order valence-electron chi connectivity index (χ2n) is 6.45. The molecule has 4 N–H and O–H groups in total. The van der Waals surface area contributed by atoms with Gasteiger partial charge in [0.25, 0.3) is 0 Å². The van der Waals surface area contributed by atoms with Crippen molar-refractivity contribution in [3.63, 3.8) is 0 Å². The number of aromatic nitrogens is 2. The van der Waals surface area contributed by atoms with Gasteiger partial charge < -0.3 is 25.6 Å². The molecule has 158 valence electrons. The fraction of sp³-hybridized carbons (Fsp3) is 0.250. The Morgan fingerprint density at radius 3 is 2.40 bits per heavy atom. The Morgan fingerprint density at radius 1 is 1.07 bits per heavy atom. The summed E-state index contributed by atoms with van der Waals surface area (Å²) in [6, 6.07) is 13.3. The molecule has 1 heterocycles. The van der Waals surface area contributed by atoms with E-state index in [1.54, 1.807) is 36.4 Å². The van der Waals surface area contributed by atoms with Crippen LogP contribution in [0.2, 0.25) is 10.0 Å². The second-order valence-corrected chi connectivity index (χ2v) is 7.32. The quantitative estimate of drug-likeness (QED) is 0.362. The summed E-state index contributed by atoms with van der Waals surface area (Å²) in [5.74, 6) is 0.322. The Hall–Kier alpha value is -2.81. The summed E-state index contributed by atoms with van der Waals surface area (Å²) in [5.41, 5.74) is 1.54. The van der Waals surface area contributed by atoms with Crippen LogP contribution in [0.3, 0.4) is 0 Å². The molecule has 3 aromatic rings. The van der Waals surface area contributed by atoms with Gasteiger partial charge in [0.1, 0.15) is 0 Å². The Balaban J connectivity index is 1.72. The number of carbonyl (C=O) groups excluding carboxylic acids is 1. The molecule has 2 amide bonds. The third-order valence-electron chi connectivity index (χ3n) is 4.13. The van der Waals surface area contributed by atoms with Crippen molar-refractivity contribution < 1.29 is 14.4 Å². The van der Waals surface area contributed by atoms with Gasteiger partial charge in [0.15, 0.2) is 5.82 Å². The minimum absolute atomic E-state index is 0.0552. The first-order valence-electron chi connectivity index (χ1n) is 9.29. The van der Waals surface area contributed by atoms with Crippen molar-refractivity contribution in [1.29, 1.82) is 0 Å². The van der Waals surface area contributed by atoms with E-state index >= 15 is 0 Å². The van der Waals surface area contributed by atoms with Crippen LogP contribution in [0.5, 0.6) is 0 Å². The molecule has 1 atom stereocenters. The van der Waals surface area contributed by atoms with Crippen LogP contribution in [0.4, 0.5) is 16.5 Å². The Morgan fingerprint density at radius 2 is 1.73 bits per heavy atom. The van der Waals surface area contributed by atoms with Crippen LogP contribution in [0, 0.1) is 0 Å². The van der Waals surface area contributed by atoms with Gasteiger partial charge >= 0.3 is 12.0 Å². The van der Waals surface area contributed by atoms with Gasteiger partial charge in [-0.05, 0) is 48.4 Å². The predicted molar refractivity (Wildman–Crippen MR) is 116 cm³/mol. The Kier molecular flexibility index (Phi) is 7.89. The first-order chi connectivity index (χ1) is 14.5. The molecule has 0 aliphatic rings. The van der Waals surface area contributed by atoms with Crippen molar-refractivity contribution in [3.8, 4) is 0 Å². The number of amides is 2. The van der Waals surface area contributed by atoms with Crippen molar-refractivity contribution in [2.45, 2.75) is 18.9 Å². The van der Waals surface area contributed by atoms with Gasteiger partial charge in [-0.1, -0.05) is 40.5 Å². The summed E-state index contributed by atoms with van der Waals surface area (Å²) in [7, 11) is 0. The number of carbonyl (C=O) groups is 1. The second kappa shape index (κ2) is 10.8. The molecule has 0 spiro atoms. The van der Waals surface area contributed by atoms with Crippen LogP contribution >= 0.6 is 23.2 Å². The normalized spacial score (nSPS) is 11.7. The number of anilines is 2. The SMILES string of the molecule is O=C(Nc1ccc(Cl)cc1)N[C@@H](Cc1ccc(Cl)cc1)c1noc(NCCCO)n1. The van der Waals surface area contributed by atoms with Crippen LogP contribution in [0.1, 0.15) is 23.9 Å². The zero-order valence-electron chi connectivity index (χ0n) is 15.9. The number of halogens is 2. The standard InChI is InChI=1S/C20H21Cl2N5O3/c21-14-4-2-13(3-5-14)12-17(18-26-20(30-27-18)23-10-1-11-28)25-19(29)24-16-8-6-15(22)7-9-16/h2-9,17,28H,1,10-12H2,(H,23,26,27)(H2,24,25,29)/t17-/m0/s1. The van der Waals surface area contributed by atoms with Crippen LogP contribution < -0.4 is 16.0 Å². The highest BCUT2D eigenvalue weighted by Gasteiger charge is 2.21. The van der Waals surface area contributed by atoms with Gasteiger partial charge in [0, 0.05) is 35.3 Å². The third-order valence-corrected chi connectivity index (χ3v) is 4.63. The van der Waals surface area contributed by atoms with Crippen LogP contribution in [-0.2, 0) is 6.42 Å². The van der Waals surface area contributed by atoms with Gasteiger partial charge in [-0.25, -0.2) is 4.79 Å². The average molecular weight is 450 g/mol. The van der Waals surface area contributed by atoms with Crippen LogP contribution in [0.25, 0.3) is 0 Å². The molecule has 30 heavy (non-hydrogen) atoms. The number of nitrogens with one attached hydrogen (secondary N) is 3. The molecular weight excluding hydrogens is 429 g/mol. The highest BCUT2D eigenvalue weighted by Crippen LogP contribution is 2.20. The summed E-state index contributed by atoms with van der Waals surface area (Å²) >= 11 is 11.8. The predicted octanol–water partition coefficient (Wildman–Crippen LogP) is 4.28. The molecule has 3 rings (SSSR count). The van der Waals surface area contributed by atoms with Crippen molar-refractivity contribution >= 4 is 40.9 Å². The fourth-order valence-corrected chi connectivity index (χ4v) is 2.90. The Bertz CT molecular complexity index is 948. The van der Waals surface area contributed by atoms with E-state index in [0.29, 0.717) is 40.9 Å². The number of hydrogen-bond acceptors (Lipinski definition) is 6. The molecule has 10 heteroatoms. The Labute approximate surface area is 183 Å². The molecule has 0 saturated heterocycles. The topological polar surface area (TPSA) is 112 Å². The largest absolute Gasteiger partial charge is 0.396 e. The van der Waals surface area contributed by atoms with E-state index < -0.39 is 12.1 Å². The van der Waals surface area contributed by atoms with Crippen molar-refractivity contribution in [3.05, 3.63) is 70.0 Å². The molecule has 0 saturated carbocycles. The molecule has 0 radical (unpaired) electrons. The fourth-order valence-electron chi connectivity index (χ4n) is 2.64. The van der Waals surface area contributed by atoms with Crippen molar-refractivity contribution in [1.82, 2.24) is 15.5 Å². The summed E-state index contributed by atoms with van der Waals surface area (Å²) in [5, 5.41) is 22.6. The van der Waals surface area contributed by atoms with Gasteiger partial charge in [0.05, 0.1) is 6.04 Å². The van der Waals surface area contributed by atoms with Gasteiger partial charge in [-0.15, -0.1) is 0 Å². The number of aliphatic hydroxyl groups is 1. The van der Waals surface area contributed by atoms with E-state index in [9.17, 15) is 4.79 Å². The van der Waals surface area contributed by atoms with Crippen LogP contribution in [-0.4, -0.2) is 34.4 Å². The molecule has 0 unspecified atom stereocenters. The van der Waals surface area contributed by atoms with E-state index in [2.05, 4.69) is 26.1 Å². The lowest BCUT2D eigenvalue weighted by molar-refractivity contribution is 0.247. The summed E-state index contributed by atoms with van der Waals surface area (Å²) < 4.78 is 5.20. The molecule has 0 fully saturated rings. The maximum atomic E-state index is 12.5. The zero-order chi connectivity index (χ0) is 21.3. The summed E-state index contributed by atoms with van der Waals surface area (Å²) in [6.45, 7) is 0.546. The molecule has 0 aliphatic heterocycles. The first-order valence-corrected chi connectivity index (χ1v) is 10.0. The smallest absolute Gasteiger partial charge is 0.321 e. The number of hydrogen-bond donors (Lipinski definition) is 4. The van der Waals surface area contributed by atoms with Crippen LogP contribution in [0.15, 0.2) is 53.1 Å². The summed E-state index contributed by atoms with van der Waals surface area (Å²) in [6.07, 6.45) is 0.981. The lowest BCUT2D eigenvalue weighted by Gasteiger charge is -2.16. The van der Waals surface area contributed by atoms with Crippen molar-refractivity contribution in [2.75, 3.05) is 23.8 Å². The third kappa shape index (κ3) is 6.62. The van der Waals surface area contributed by atoms with Gasteiger partial charge in [0.2, 0.25) is 0 Å². The van der Waals surface area contributed by atoms with E-state index in [1.807, 2.05) is 12.1 Å². The minimum Gasteiger partial charge on any atom is -0.396 e. The number of nitrogens with zero attached hydrogens (tertiary/aromatic N) is 2. The van der Waals surface area contributed by atoms with Crippen molar-refractivity contribution in [2.24, 2.45) is 0 Å². The molecule has 8 nitrogen and oxygen atoms in total. The van der Waals surface area contributed by atoms with E-state index in [0.717, 1.165) is 5.56 Å². The lowest BCUT2D eigenvalue weighted by Crippen LogP contribution is -2.34. The zero-order valence-corrected chi connectivity index (χ0v) is 17.5.